The first-order chi connectivity index (χ1) is 9.65. The van der Waals surface area contributed by atoms with E-state index in [-0.39, 0.29) is 0 Å². The van der Waals surface area contributed by atoms with Gasteiger partial charge in [-0.1, -0.05) is 13.0 Å². The van der Waals surface area contributed by atoms with Crippen LogP contribution in [0.4, 0.5) is 5.69 Å². The number of benzene rings is 1. The smallest absolute Gasteiger partial charge is 0.126 e. The van der Waals surface area contributed by atoms with Crippen LogP contribution in [0.25, 0.3) is 0 Å². The zero-order valence-electron chi connectivity index (χ0n) is 12.7. The van der Waals surface area contributed by atoms with Crippen LogP contribution in [0.1, 0.15) is 30.0 Å². The highest BCUT2D eigenvalue weighted by atomic mass is 16.5. The standard InChI is InChI=1S/C16H23N3O/c1-5-8-19-11-14(10-18-19)9-17-15-7-6-12(2)16(20-4)13(15)3/h6-7,10-11,17H,5,8-9H2,1-4H3. The molecule has 4 heteroatoms. The highest BCUT2D eigenvalue weighted by molar-refractivity contribution is 5.59. The molecule has 0 spiro atoms. The van der Waals surface area contributed by atoms with E-state index in [2.05, 4.69) is 49.5 Å². The van der Waals surface area contributed by atoms with Crippen molar-refractivity contribution in [2.45, 2.75) is 40.3 Å². The Morgan fingerprint density at radius 2 is 2.10 bits per heavy atom. The highest BCUT2D eigenvalue weighted by Crippen LogP contribution is 2.29. The summed E-state index contributed by atoms with van der Waals surface area (Å²) in [5, 5.41) is 7.79. The second-order valence-electron chi connectivity index (χ2n) is 5.05. The third-order valence-corrected chi connectivity index (χ3v) is 3.43. The maximum atomic E-state index is 5.45. The molecule has 4 nitrogen and oxygen atoms in total. The molecule has 0 aliphatic carbocycles. The zero-order chi connectivity index (χ0) is 14.5. The average Bonchev–Trinajstić information content (AvgIpc) is 2.87. The van der Waals surface area contributed by atoms with E-state index in [0.29, 0.717) is 0 Å². The number of hydrogen-bond acceptors (Lipinski definition) is 3. The van der Waals surface area contributed by atoms with E-state index >= 15 is 0 Å². The minimum Gasteiger partial charge on any atom is -0.496 e. The summed E-state index contributed by atoms with van der Waals surface area (Å²) >= 11 is 0. The Hall–Kier alpha value is -1.97. The predicted octanol–water partition coefficient (Wildman–Crippen LogP) is 3.53. The molecule has 0 bridgehead atoms. The summed E-state index contributed by atoms with van der Waals surface area (Å²) in [5.74, 6) is 0.955. The van der Waals surface area contributed by atoms with Crippen molar-refractivity contribution in [3.63, 3.8) is 0 Å². The SMILES string of the molecule is CCCn1cc(CNc2ccc(C)c(OC)c2C)cn1. The summed E-state index contributed by atoms with van der Waals surface area (Å²) in [6.45, 7) is 8.04. The number of ether oxygens (including phenoxy) is 1. The molecule has 1 aromatic carbocycles. The molecule has 0 fully saturated rings. The first kappa shape index (κ1) is 14.4. The van der Waals surface area contributed by atoms with Crippen LogP contribution in [0, 0.1) is 13.8 Å². The molecule has 108 valence electrons. The maximum absolute atomic E-state index is 5.45. The predicted molar refractivity (Wildman–Crippen MR) is 82.3 cm³/mol. The van der Waals surface area contributed by atoms with Crippen molar-refractivity contribution >= 4 is 5.69 Å². The first-order valence-electron chi connectivity index (χ1n) is 7.05. The molecule has 0 unspecified atom stereocenters. The molecule has 0 saturated carbocycles. The fourth-order valence-corrected chi connectivity index (χ4v) is 2.38. The Labute approximate surface area is 120 Å². The summed E-state index contributed by atoms with van der Waals surface area (Å²) in [6.07, 6.45) is 5.11. The van der Waals surface area contributed by atoms with Crippen molar-refractivity contribution in [3.05, 3.63) is 41.2 Å². The van der Waals surface area contributed by atoms with Crippen molar-refractivity contribution in [2.24, 2.45) is 0 Å². The van der Waals surface area contributed by atoms with Crippen LogP contribution in [0.2, 0.25) is 0 Å². The lowest BCUT2D eigenvalue weighted by atomic mass is 10.1. The van der Waals surface area contributed by atoms with Gasteiger partial charge in [-0.15, -0.1) is 0 Å². The molecule has 2 rings (SSSR count). The normalized spacial score (nSPS) is 10.6. The molecule has 0 atom stereocenters. The number of hydrogen-bond donors (Lipinski definition) is 1. The Balaban J connectivity index is 2.06. The number of methoxy groups -OCH3 is 1. The topological polar surface area (TPSA) is 39.1 Å². The van der Waals surface area contributed by atoms with Crippen molar-refractivity contribution in [1.82, 2.24) is 9.78 Å². The molecule has 1 aromatic heterocycles. The van der Waals surface area contributed by atoms with Gasteiger partial charge in [-0.2, -0.15) is 5.10 Å². The minimum atomic E-state index is 0.775. The van der Waals surface area contributed by atoms with Gasteiger partial charge in [0.15, 0.2) is 0 Å². The molecule has 0 amide bonds. The van der Waals surface area contributed by atoms with Gasteiger partial charge in [0.05, 0.1) is 13.3 Å². The quantitative estimate of drug-likeness (QED) is 0.875. The Morgan fingerprint density at radius 1 is 1.30 bits per heavy atom. The van der Waals surface area contributed by atoms with Crippen molar-refractivity contribution < 1.29 is 4.74 Å². The second-order valence-corrected chi connectivity index (χ2v) is 5.05. The summed E-state index contributed by atoms with van der Waals surface area (Å²) in [6, 6.07) is 4.18. The van der Waals surface area contributed by atoms with Gasteiger partial charge in [0.2, 0.25) is 0 Å². The van der Waals surface area contributed by atoms with Gasteiger partial charge in [0, 0.05) is 36.1 Å². The minimum absolute atomic E-state index is 0.775. The van der Waals surface area contributed by atoms with Crippen LogP contribution >= 0.6 is 0 Å². The molecule has 2 aromatic rings. The van der Waals surface area contributed by atoms with Gasteiger partial charge in [-0.3, -0.25) is 4.68 Å². The third-order valence-electron chi connectivity index (χ3n) is 3.43. The van der Waals surface area contributed by atoms with E-state index in [1.54, 1.807) is 7.11 Å². The lowest BCUT2D eigenvalue weighted by Crippen LogP contribution is -2.02. The Bertz CT molecular complexity index is 575. The van der Waals surface area contributed by atoms with Gasteiger partial charge < -0.3 is 10.1 Å². The van der Waals surface area contributed by atoms with E-state index in [9.17, 15) is 0 Å². The molecular weight excluding hydrogens is 250 g/mol. The molecular formula is C16H23N3O. The van der Waals surface area contributed by atoms with E-state index in [1.165, 1.54) is 5.56 Å². The number of nitrogens with zero attached hydrogens (tertiary/aromatic N) is 2. The fraction of sp³-hybridized carbons (Fsp3) is 0.438. The van der Waals surface area contributed by atoms with Gasteiger partial charge >= 0.3 is 0 Å². The van der Waals surface area contributed by atoms with Crippen molar-refractivity contribution in [1.29, 1.82) is 0 Å². The largest absolute Gasteiger partial charge is 0.496 e. The van der Waals surface area contributed by atoms with E-state index in [0.717, 1.165) is 42.1 Å². The third kappa shape index (κ3) is 3.13. The summed E-state index contributed by atoms with van der Waals surface area (Å²) in [7, 11) is 1.72. The average molecular weight is 273 g/mol. The molecule has 0 aliphatic rings. The van der Waals surface area contributed by atoms with Crippen LogP contribution in [-0.2, 0) is 13.1 Å². The molecule has 0 aliphatic heterocycles. The van der Waals surface area contributed by atoms with Crippen LogP contribution in [-0.4, -0.2) is 16.9 Å². The monoisotopic (exact) mass is 273 g/mol. The molecule has 0 radical (unpaired) electrons. The Morgan fingerprint density at radius 3 is 2.80 bits per heavy atom. The number of aryl methyl sites for hydroxylation is 2. The molecule has 1 N–H and O–H groups in total. The maximum Gasteiger partial charge on any atom is 0.126 e. The summed E-state index contributed by atoms with van der Waals surface area (Å²) in [4.78, 5) is 0. The van der Waals surface area contributed by atoms with Gasteiger partial charge in [0.1, 0.15) is 5.75 Å². The highest BCUT2D eigenvalue weighted by Gasteiger charge is 2.07. The van der Waals surface area contributed by atoms with E-state index in [1.807, 2.05) is 10.9 Å². The van der Waals surface area contributed by atoms with Gasteiger partial charge in [-0.25, -0.2) is 0 Å². The number of rotatable bonds is 6. The molecule has 0 saturated heterocycles. The first-order valence-corrected chi connectivity index (χ1v) is 7.05. The lowest BCUT2D eigenvalue weighted by Gasteiger charge is -2.14. The van der Waals surface area contributed by atoms with E-state index < -0.39 is 0 Å². The summed E-state index contributed by atoms with van der Waals surface area (Å²) < 4.78 is 7.43. The van der Waals surface area contributed by atoms with Crippen LogP contribution in [0.3, 0.4) is 0 Å². The van der Waals surface area contributed by atoms with Gasteiger partial charge in [-0.05, 0) is 31.9 Å². The second kappa shape index (κ2) is 6.46. The van der Waals surface area contributed by atoms with Crippen LogP contribution in [0.5, 0.6) is 5.75 Å². The Kier molecular flexibility index (Phi) is 4.66. The lowest BCUT2D eigenvalue weighted by molar-refractivity contribution is 0.409. The molecule has 1 heterocycles. The van der Waals surface area contributed by atoms with Gasteiger partial charge in [0.25, 0.3) is 0 Å². The number of aromatic nitrogens is 2. The fourth-order valence-electron chi connectivity index (χ4n) is 2.38. The van der Waals surface area contributed by atoms with Crippen LogP contribution in [0.15, 0.2) is 24.5 Å². The molecule has 20 heavy (non-hydrogen) atoms. The number of nitrogens with one attached hydrogen (secondary N) is 1. The van der Waals surface area contributed by atoms with Crippen molar-refractivity contribution in [2.75, 3.05) is 12.4 Å². The number of anilines is 1. The van der Waals surface area contributed by atoms with Crippen LogP contribution < -0.4 is 10.1 Å². The zero-order valence-corrected chi connectivity index (χ0v) is 12.7. The van der Waals surface area contributed by atoms with Crippen molar-refractivity contribution in [3.8, 4) is 5.75 Å². The van der Waals surface area contributed by atoms with E-state index in [4.69, 9.17) is 4.74 Å². The summed E-state index contributed by atoms with van der Waals surface area (Å²) in [5.41, 5.74) is 4.60.